The van der Waals surface area contributed by atoms with Crippen molar-refractivity contribution >= 4 is 27.5 Å². The molecule has 0 heterocycles. The highest BCUT2D eigenvalue weighted by Gasteiger charge is 2.31. The Hall–Kier alpha value is -2.87. The van der Waals surface area contributed by atoms with Crippen molar-refractivity contribution in [3.63, 3.8) is 0 Å². The Balaban J connectivity index is 2.39. The first-order valence-electron chi connectivity index (χ1n) is 10.7. The molecule has 0 aliphatic rings. The molecule has 2 rings (SSSR count). The number of hydrogen-bond acceptors (Lipinski definition) is 4. The number of rotatable bonds is 10. The first-order chi connectivity index (χ1) is 15.1. The third-order valence-corrected chi connectivity index (χ3v) is 6.56. The number of carbonyl (C=O) groups excluding carboxylic acids is 2. The number of benzene rings is 2. The molecule has 174 valence electrons. The number of likely N-dealkylation sites (N-methyl/N-ethyl adjacent to an activating group) is 1. The highest BCUT2D eigenvalue weighted by molar-refractivity contribution is 7.92. The van der Waals surface area contributed by atoms with Crippen LogP contribution in [0, 0.1) is 6.92 Å². The summed E-state index contributed by atoms with van der Waals surface area (Å²) in [6, 6.07) is 14.1. The fourth-order valence-corrected chi connectivity index (χ4v) is 4.34. The van der Waals surface area contributed by atoms with Gasteiger partial charge in [-0.05, 0) is 43.0 Å². The van der Waals surface area contributed by atoms with Gasteiger partial charge in [-0.2, -0.15) is 0 Å². The molecule has 0 saturated heterocycles. The van der Waals surface area contributed by atoms with Crippen LogP contribution in [-0.2, 0) is 32.6 Å². The average molecular weight is 460 g/mol. The van der Waals surface area contributed by atoms with Crippen LogP contribution in [0.1, 0.15) is 37.0 Å². The monoisotopic (exact) mass is 459 g/mol. The van der Waals surface area contributed by atoms with E-state index in [4.69, 9.17) is 0 Å². The van der Waals surface area contributed by atoms with Crippen molar-refractivity contribution in [3.05, 3.63) is 65.2 Å². The Morgan fingerprint density at radius 3 is 2.00 bits per heavy atom. The molecule has 2 amide bonds. The van der Waals surface area contributed by atoms with Crippen LogP contribution >= 0.6 is 0 Å². The van der Waals surface area contributed by atoms with Crippen LogP contribution in [0.3, 0.4) is 0 Å². The van der Waals surface area contributed by atoms with Crippen molar-refractivity contribution in [2.24, 2.45) is 0 Å². The van der Waals surface area contributed by atoms with E-state index in [2.05, 4.69) is 5.32 Å². The Morgan fingerprint density at radius 2 is 1.53 bits per heavy atom. The Bertz CT molecular complexity index is 1020. The lowest BCUT2D eigenvalue weighted by molar-refractivity contribution is -0.140. The van der Waals surface area contributed by atoms with E-state index in [1.165, 1.54) is 11.9 Å². The minimum Gasteiger partial charge on any atom is -0.357 e. The van der Waals surface area contributed by atoms with Crippen LogP contribution in [0.2, 0.25) is 0 Å². The molecule has 0 fully saturated rings. The lowest BCUT2D eigenvalue weighted by Crippen LogP contribution is -2.51. The van der Waals surface area contributed by atoms with Crippen molar-refractivity contribution in [3.8, 4) is 0 Å². The van der Waals surface area contributed by atoms with Crippen LogP contribution in [0.15, 0.2) is 48.5 Å². The van der Waals surface area contributed by atoms with Gasteiger partial charge in [0, 0.05) is 13.6 Å². The largest absolute Gasteiger partial charge is 0.357 e. The normalized spacial score (nSPS) is 12.2. The summed E-state index contributed by atoms with van der Waals surface area (Å²) in [7, 11) is -2.19. The molecule has 2 aromatic carbocycles. The predicted molar refractivity (Wildman–Crippen MR) is 128 cm³/mol. The summed E-state index contributed by atoms with van der Waals surface area (Å²) >= 11 is 0. The third kappa shape index (κ3) is 6.56. The van der Waals surface area contributed by atoms with Crippen LogP contribution in [0.25, 0.3) is 0 Å². The topological polar surface area (TPSA) is 86.8 Å². The second kappa shape index (κ2) is 11.1. The van der Waals surface area contributed by atoms with Gasteiger partial charge in [0.1, 0.15) is 12.6 Å². The smallest absolute Gasteiger partial charge is 0.244 e. The van der Waals surface area contributed by atoms with Crippen molar-refractivity contribution < 1.29 is 18.0 Å². The van der Waals surface area contributed by atoms with E-state index in [1.54, 1.807) is 12.1 Å². The molecule has 0 spiro atoms. The van der Waals surface area contributed by atoms with Gasteiger partial charge in [0.2, 0.25) is 21.8 Å². The van der Waals surface area contributed by atoms with E-state index in [0.717, 1.165) is 33.7 Å². The van der Waals surface area contributed by atoms with Gasteiger partial charge < -0.3 is 10.2 Å². The van der Waals surface area contributed by atoms with E-state index < -0.39 is 22.0 Å². The van der Waals surface area contributed by atoms with Crippen molar-refractivity contribution in [2.45, 2.75) is 46.2 Å². The molecule has 0 aliphatic carbocycles. The second-order valence-electron chi connectivity index (χ2n) is 7.84. The molecule has 32 heavy (non-hydrogen) atoms. The van der Waals surface area contributed by atoms with E-state index in [-0.39, 0.29) is 19.0 Å². The molecule has 0 radical (unpaired) electrons. The fourth-order valence-electron chi connectivity index (χ4n) is 3.49. The summed E-state index contributed by atoms with van der Waals surface area (Å²) in [6.45, 7) is 5.63. The molecule has 8 heteroatoms. The Kier molecular flexibility index (Phi) is 8.83. The van der Waals surface area contributed by atoms with Crippen LogP contribution < -0.4 is 9.62 Å². The summed E-state index contributed by atoms with van der Waals surface area (Å²) in [5.74, 6) is -0.725. The summed E-state index contributed by atoms with van der Waals surface area (Å²) < 4.78 is 26.2. The van der Waals surface area contributed by atoms with E-state index in [0.29, 0.717) is 12.1 Å². The zero-order valence-electron chi connectivity index (χ0n) is 19.5. The Morgan fingerprint density at radius 1 is 0.969 bits per heavy atom. The SMILES string of the molecule is CCc1ccc(N(CC(=O)N(Cc2ccc(C)cc2)[C@H](CC)C(=O)NC)S(C)(=O)=O)cc1. The minimum absolute atomic E-state index is 0.206. The predicted octanol–water partition coefficient (Wildman–Crippen LogP) is 2.88. The van der Waals surface area contributed by atoms with Gasteiger partial charge >= 0.3 is 0 Å². The van der Waals surface area contributed by atoms with E-state index in [1.807, 2.05) is 57.2 Å². The number of carbonyl (C=O) groups is 2. The molecule has 2 aromatic rings. The number of hydrogen-bond donors (Lipinski definition) is 1. The van der Waals surface area contributed by atoms with Gasteiger partial charge in [-0.15, -0.1) is 0 Å². The van der Waals surface area contributed by atoms with Gasteiger partial charge in [-0.1, -0.05) is 55.8 Å². The highest BCUT2D eigenvalue weighted by Crippen LogP contribution is 2.20. The Labute approximate surface area is 191 Å². The zero-order valence-corrected chi connectivity index (χ0v) is 20.3. The number of anilines is 1. The fraction of sp³-hybridized carbons (Fsp3) is 0.417. The second-order valence-corrected chi connectivity index (χ2v) is 9.74. The molecule has 7 nitrogen and oxygen atoms in total. The van der Waals surface area contributed by atoms with Crippen LogP contribution in [0.5, 0.6) is 0 Å². The van der Waals surface area contributed by atoms with Gasteiger partial charge in [0.25, 0.3) is 0 Å². The molecule has 0 saturated carbocycles. The van der Waals surface area contributed by atoms with Gasteiger partial charge in [0.05, 0.1) is 11.9 Å². The lowest BCUT2D eigenvalue weighted by atomic mass is 10.1. The third-order valence-electron chi connectivity index (χ3n) is 5.42. The molecule has 0 unspecified atom stereocenters. The lowest BCUT2D eigenvalue weighted by Gasteiger charge is -2.32. The quantitative estimate of drug-likeness (QED) is 0.592. The van der Waals surface area contributed by atoms with Gasteiger partial charge in [-0.3, -0.25) is 13.9 Å². The summed E-state index contributed by atoms with van der Waals surface area (Å²) in [5, 5.41) is 2.61. The standard InChI is InChI=1S/C24H33N3O4S/c1-6-19-12-14-21(15-13-19)27(32(5,30)31)17-23(28)26(22(7-2)24(29)25-4)16-20-10-8-18(3)9-11-20/h8-15,22H,6-7,16-17H2,1-5H3,(H,25,29)/t22-/m1/s1. The molecule has 0 aliphatic heterocycles. The van der Waals surface area contributed by atoms with Crippen LogP contribution in [0.4, 0.5) is 5.69 Å². The number of aryl methyl sites for hydroxylation is 2. The summed E-state index contributed by atoms with van der Waals surface area (Å²) in [6.07, 6.45) is 2.31. The van der Waals surface area contributed by atoms with Gasteiger partial charge in [0.15, 0.2) is 0 Å². The minimum atomic E-state index is -3.72. The van der Waals surface area contributed by atoms with Crippen LogP contribution in [-0.4, -0.2) is 51.0 Å². The molecule has 1 N–H and O–H groups in total. The van der Waals surface area contributed by atoms with Gasteiger partial charge in [-0.25, -0.2) is 8.42 Å². The molecular weight excluding hydrogens is 426 g/mol. The summed E-state index contributed by atoms with van der Waals surface area (Å²) in [5.41, 5.74) is 3.44. The van der Waals surface area contributed by atoms with Crippen molar-refractivity contribution in [1.29, 1.82) is 0 Å². The molecule has 1 atom stereocenters. The maximum atomic E-state index is 13.4. The molecule has 0 bridgehead atoms. The van der Waals surface area contributed by atoms with Crippen molar-refractivity contribution in [1.82, 2.24) is 10.2 Å². The number of amides is 2. The van der Waals surface area contributed by atoms with E-state index >= 15 is 0 Å². The van der Waals surface area contributed by atoms with E-state index in [9.17, 15) is 18.0 Å². The summed E-state index contributed by atoms with van der Waals surface area (Å²) in [4.78, 5) is 27.4. The highest BCUT2D eigenvalue weighted by atomic mass is 32.2. The number of nitrogens with one attached hydrogen (secondary N) is 1. The zero-order chi connectivity index (χ0) is 23.9. The number of nitrogens with zero attached hydrogens (tertiary/aromatic N) is 2. The maximum absolute atomic E-state index is 13.4. The molecular formula is C24H33N3O4S. The number of sulfonamides is 1. The molecule has 0 aromatic heterocycles. The van der Waals surface area contributed by atoms with Crippen molar-refractivity contribution in [2.75, 3.05) is 24.2 Å². The first kappa shape index (κ1) is 25.4. The average Bonchev–Trinajstić information content (AvgIpc) is 2.77. The first-order valence-corrected chi connectivity index (χ1v) is 12.6. The maximum Gasteiger partial charge on any atom is 0.244 e.